The molecule has 0 aliphatic rings. The summed E-state index contributed by atoms with van der Waals surface area (Å²) in [5.41, 5.74) is 2.42. The van der Waals surface area contributed by atoms with Crippen LogP contribution in [0, 0.1) is 6.92 Å². The molecule has 0 radical (unpaired) electrons. The molecule has 2 aromatic rings. The number of nitrogens with zero attached hydrogens (tertiary/aromatic N) is 3. The molecule has 6 nitrogen and oxygen atoms in total. The predicted molar refractivity (Wildman–Crippen MR) is 83.2 cm³/mol. The number of carbonyl (C=O) groups excluding carboxylic acids is 2. The standard InChI is InChI=1S/C16H20N4O2/c1-12-6-4-5-7-14(12)16(22)17-9-15(21)19(2)10-13-8-18-20(3)11-13/h4-8,11H,9-10H2,1-3H3,(H,17,22). The number of benzene rings is 1. The Hall–Kier alpha value is -2.63. The zero-order valence-electron chi connectivity index (χ0n) is 13.0. The lowest BCUT2D eigenvalue weighted by atomic mass is 10.1. The van der Waals surface area contributed by atoms with Crippen LogP contribution in [0.15, 0.2) is 36.7 Å². The van der Waals surface area contributed by atoms with E-state index in [1.54, 1.807) is 35.0 Å². The monoisotopic (exact) mass is 300 g/mol. The maximum Gasteiger partial charge on any atom is 0.251 e. The number of carbonyl (C=O) groups is 2. The van der Waals surface area contributed by atoms with Crippen LogP contribution < -0.4 is 5.32 Å². The van der Waals surface area contributed by atoms with Gasteiger partial charge in [0.15, 0.2) is 0 Å². The molecule has 1 aromatic carbocycles. The van der Waals surface area contributed by atoms with E-state index in [0.717, 1.165) is 11.1 Å². The molecule has 2 amide bonds. The SMILES string of the molecule is Cc1ccccc1C(=O)NCC(=O)N(C)Cc1cnn(C)c1. The number of aromatic nitrogens is 2. The van der Waals surface area contributed by atoms with Gasteiger partial charge in [0, 0.05) is 38.0 Å². The molecule has 1 N–H and O–H groups in total. The van der Waals surface area contributed by atoms with E-state index < -0.39 is 0 Å². The van der Waals surface area contributed by atoms with Crippen LogP contribution in [0.1, 0.15) is 21.5 Å². The first kappa shape index (κ1) is 15.8. The summed E-state index contributed by atoms with van der Waals surface area (Å²) < 4.78 is 1.69. The van der Waals surface area contributed by atoms with Crippen molar-refractivity contribution in [3.8, 4) is 0 Å². The lowest BCUT2D eigenvalue weighted by molar-refractivity contribution is -0.129. The Morgan fingerprint density at radius 3 is 2.68 bits per heavy atom. The highest BCUT2D eigenvalue weighted by Crippen LogP contribution is 2.06. The summed E-state index contributed by atoms with van der Waals surface area (Å²) >= 11 is 0. The maximum atomic E-state index is 12.1. The Morgan fingerprint density at radius 1 is 1.32 bits per heavy atom. The Balaban J connectivity index is 1.87. The molecule has 0 fully saturated rings. The normalized spacial score (nSPS) is 10.3. The maximum absolute atomic E-state index is 12.1. The van der Waals surface area contributed by atoms with E-state index in [1.165, 1.54) is 0 Å². The second-order valence-corrected chi connectivity index (χ2v) is 5.27. The zero-order chi connectivity index (χ0) is 16.1. The second-order valence-electron chi connectivity index (χ2n) is 5.27. The average molecular weight is 300 g/mol. The molecule has 6 heteroatoms. The number of amides is 2. The van der Waals surface area contributed by atoms with Gasteiger partial charge < -0.3 is 10.2 Å². The van der Waals surface area contributed by atoms with Crippen molar-refractivity contribution in [3.63, 3.8) is 0 Å². The van der Waals surface area contributed by atoms with Crippen LogP contribution in [0.4, 0.5) is 0 Å². The first-order chi connectivity index (χ1) is 10.5. The van der Waals surface area contributed by atoms with E-state index in [1.807, 2.05) is 32.3 Å². The summed E-state index contributed by atoms with van der Waals surface area (Å²) in [5.74, 6) is -0.382. The highest BCUT2D eigenvalue weighted by molar-refractivity contribution is 5.97. The number of hydrogen-bond acceptors (Lipinski definition) is 3. The van der Waals surface area contributed by atoms with Gasteiger partial charge in [0.1, 0.15) is 0 Å². The van der Waals surface area contributed by atoms with Gasteiger partial charge in [-0.1, -0.05) is 18.2 Å². The van der Waals surface area contributed by atoms with Gasteiger partial charge in [-0.25, -0.2) is 0 Å². The molecule has 0 aliphatic heterocycles. The lowest BCUT2D eigenvalue weighted by Crippen LogP contribution is -2.37. The van der Waals surface area contributed by atoms with E-state index in [-0.39, 0.29) is 18.4 Å². The summed E-state index contributed by atoms with van der Waals surface area (Å²) in [6, 6.07) is 7.29. The van der Waals surface area contributed by atoms with Crippen molar-refractivity contribution in [2.24, 2.45) is 7.05 Å². The van der Waals surface area contributed by atoms with Crippen molar-refractivity contribution in [2.45, 2.75) is 13.5 Å². The topological polar surface area (TPSA) is 67.2 Å². The van der Waals surface area contributed by atoms with Crippen LogP contribution >= 0.6 is 0 Å². The Morgan fingerprint density at radius 2 is 2.05 bits per heavy atom. The molecule has 22 heavy (non-hydrogen) atoms. The fraction of sp³-hybridized carbons (Fsp3) is 0.312. The highest BCUT2D eigenvalue weighted by atomic mass is 16.2. The van der Waals surface area contributed by atoms with Crippen LogP contribution in [0.3, 0.4) is 0 Å². The molecule has 1 heterocycles. The molecule has 0 aliphatic carbocycles. The molecule has 0 spiro atoms. The number of rotatable bonds is 5. The van der Waals surface area contributed by atoms with E-state index >= 15 is 0 Å². The fourth-order valence-corrected chi connectivity index (χ4v) is 2.13. The van der Waals surface area contributed by atoms with Gasteiger partial charge in [0.2, 0.25) is 5.91 Å². The molecule has 0 saturated carbocycles. The second kappa shape index (κ2) is 6.89. The van der Waals surface area contributed by atoms with Crippen LogP contribution in [-0.4, -0.2) is 40.1 Å². The number of nitrogens with one attached hydrogen (secondary N) is 1. The summed E-state index contributed by atoms with van der Waals surface area (Å²) in [7, 11) is 3.53. The Kier molecular flexibility index (Phi) is 4.93. The molecule has 0 atom stereocenters. The van der Waals surface area contributed by atoms with Crippen molar-refractivity contribution in [2.75, 3.05) is 13.6 Å². The van der Waals surface area contributed by atoms with Crippen LogP contribution in [0.2, 0.25) is 0 Å². The van der Waals surface area contributed by atoms with Crippen molar-refractivity contribution >= 4 is 11.8 Å². The molecule has 116 valence electrons. The fourth-order valence-electron chi connectivity index (χ4n) is 2.13. The van der Waals surface area contributed by atoms with Gasteiger partial charge in [-0.3, -0.25) is 14.3 Å². The van der Waals surface area contributed by atoms with Gasteiger partial charge in [0.25, 0.3) is 5.91 Å². The largest absolute Gasteiger partial charge is 0.343 e. The summed E-state index contributed by atoms with van der Waals surface area (Å²) in [6.07, 6.45) is 3.57. The quantitative estimate of drug-likeness (QED) is 0.899. The van der Waals surface area contributed by atoms with Gasteiger partial charge in [-0.2, -0.15) is 5.10 Å². The summed E-state index contributed by atoms with van der Waals surface area (Å²) in [6.45, 7) is 2.31. The van der Waals surface area contributed by atoms with Gasteiger partial charge in [0.05, 0.1) is 12.7 Å². The number of likely N-dealkylation sites (N-methyl/N-ethyl adjacent to an activating group) is 1. The molecule has 0 unspecified atom stereocenters. The number of aryl methyl sites for hydroxylation is 2. The molecule has 0 saturated heterocycles. The lowest BCUT2D eigenvalue weighted by Gasteiger charge is -2.16. The highest BCUT2D eigenvalue weighted by Gasteiger charge is 2.13. The van der Waals surface area contributed by atoms with E-state index in [0.29, 0.717) is 12.1 Å². The van der Waals surface area contributed by atoms with Crippen molar-refractivity contribution in [3.05, 3.63) is 53.3 Å². The van der Waals surface area contributed by atoms with Gasteiger partial charge in [-0.15, -0.1) is 0 Å². The minimum absolute atomic E-state index is 0.0239. The molecule has 2 rings (SSSR count). The molecule has 0 bridgehead atoms. The van der Waals surface area contributed by atoms with Crippen LogP contribution in [0.5, 0.6) is 0 Å². The van der Waals surface area contributed by atoms with E-state index in [2.05, 4.69) is 10.4 Å². The first-order valence-electron chi connectivity index (χ1n) is 7.02. The van der Waals surface area contributed by atoms with Crippen molar-refractivity contribution in [1.82, 2.24) is 20.0 Å². The molecular formula is C16H20N4O2. The van der Waals surface area contributed by atoms with E-state index in [4.69, 9.17) is 0 Å². The van der Waals surface area contributed by atoms with E-state index in [9.17, 15) is 9.59 Å². The van der Waals surface area contributed by atoms with Crippen LogP contribution in [0.25, 0.3) is 0 Å². The van der Waals surface area contributed by atoms with Crippen molar-refractivity contribution in [1.29, 1.82) is 0 Å². The zero-order valence-corrected chi connectivity index (χ0v) is 13.0. The van der Waals surface area contributed by atoms with Crippen molar-refractivity contribution < 1.29 is 9.59 Å². The smallest absolute Gasteiger partial charge is 0.251 e. The predicted octanol–water partition coefficient (Wildman–Crippen LogP) is 1.12. The Bertz CT molecular complexity index is 678. The van der Waals surface area contributed by atoms with Gasteiger partial charge in [-0.05, 0) is 18.6 Å². The summed E-state index contributed by atoms with van der Waals surface area (Å²) in [4.78, 5) is 25.7. The summed E-state index contributed by atoms with van der Waals surface area (Å²) in [5, 5.41) is 6.72. The minimum atomic E-state index is -0.235. The first-order valence-corrected chi connectivity index (χ1v) is 7.02. The third kappa shape index (κ3) is 3.94. The third-order valence-corrected chi connectivity index (χ3v) is 3.39. The van der Waals surface area contributed by atoms with Gasteiger partial charge >= 0.3 is 0 Å². The molecule has 1 aromatic heterocycles. The third-order valence-electron chi connectivity index (χ3n) is 3.39. The minimum Gasteiger partial charge on any atom is -0.343 e. The molecular weight excluding hydrogens is 280 g/mol. The number of hydrogen-bond donors (Lipinski definition) is 1. The average Bonchev–Trinajstić information content (AvgIpc) is 2.90. The van der Waals surface area contributed by atoms with Crippen LogP contribution in [-0.2, 0) is 18.4 Å². The Labute approximate surface area is 129 Å².